The van der Waals surface area contributed by atoms with Crippen LogP contribution < -0.4 is 47.9 Å². The molecule has 148 heavy (non-hydrogen) atoms. The van der Waals surface area contributed by atoms with Crippen LogP contribution in [0.25, 0.3) is 37.7 Å². The Bertz CT molecular complexity index is 6330. The van der Waals surface area contributed by atoms with Gasteiger partial charge in [-0.25, -0.2) is 17.6 Å². The van der Waals surface area contributed by atoms with Crippen molar-refractivity contribution in [3.63, 3.8) is 0 Å². The van der Waals surface area contributed by atoms with Crippen molar-refractivity contribution in [2.45, 2.75) is 221 Å². The molecule has 3 aliphatic rings. The number of rotatable bonds is 42. The van der Waals surface area contributed by atoms with Gasteiger partial charge in [-0.3, -0.25) is 52.7 Å². The summed E-state index contributed by atoms with van der Waals surface area (Å²) in [5.41, 5.74) is 20.2. The van der Waals surface area contributed by atoms with Crippen LogP contribution in [0.1, 0.15) is 173 Å². The summed E-state index contributed by atoms with van der Waals surface area (Å²) in [5, 5.41) is 37.0. The van der Waals surface area contributed by atoms with Crippen molar-refractivity contribution in [2.24, 2.45) is 0 Å². The Labute approximate surface area is 889 Å². The highest BCUT2D eigenvalue weighted by Gasteiger charge is 2.28. The fourth-order valence-electron chi connectivity index (χ4n) is 16.8. The first kappa shape index (κ1) is 126. The molecule has 11 aromatic rings. The lowest BCUT2D eigenvalue weighted by atomic mass is 9.94. The average Bonchev–Trinajstić information content (AvgIpc) is 1.67. The van der Waals surface area contributed by atoms with Crippen LogP contribution in [-0.4, -0.2) is 188 Å². The lowest BCUT2D eigenvalue weighted by Crippen LogP contribution is -2.34. The molecule has 0 spiro atoms. The number of halogens is 6. The van der Waals surface area contributed by atoms with Crippen LogP contribution in [0.2, 0.25) is 10.0 Å². The minimum absolute atomic E-state index is 0.0257. The number of para-hydroxylation sites is 1. The quantitative estimate of drug-likeness (QED) is 0.0127. The molecule has 0 bridgehead atoms. The third-order valence-corrected chi connectivity index (χ3v) is 29.7. The van der Waals surface area contributed by atoms with Crippen LogP contribution in [0, 0.1) is 30.2 Å². The standard InChI is InChI=1S/C16H26NO4P.C15H19NO.2C14H16ClNO.C14H16N2O.C13H15NOS.2C11H13F2NO.C9H13NOS/c1-5-20-22(19,21-6-2)12-15-9-7-14(8-10-15)11-16(17-4)13(3)18;1-10-5-4-6-12-7-8-13(15(10)12)9-14(16-3)11(2)17;1-9(17)14(16-2)8-11-4-3-10-7-12(15)5-6-13(10)11;1-9(17)14(16-2)7-11-4-3-10-5-6-12(15)8-13(10)11;1-10(17)14(15-2)9-12-8-7-11-5-3-4-6-13(11)16-12;1-9(15)12(14-2)7-10-8-16-13-6-4-3-5-11(10)13;1-7(15)11(14-2)5-8-3-9(12)6-10(13)4-8;1-7(15)11(14-2)6-8-3-4-9(12)10(13)5-8;1-7(11)9(10-2)5-8-3-4-12-6-8/h7-10,16-17H,5-6,11-12H2,1-4H3;4-6,8,14,16H,7,9H2,1-3H3;4-7,14,16H,3,8H2,1-2H3;4-6,8,14,16H,3,7H2,1-2H3;3-8,14-15H,9H2,1-2H3;3-6,8,12,14H,7H2,1-2H3;3-4,6,11,14H,5H2,1-2H3;3-5,11,14H,6H2,1-2H3;3-4,6,9-10H,5H2,1-2H3/t16-;;14-;;14-;12-;2*11-;9-/m0.0.00000/s1. The van der Waals surface area contributed by atoms with Crippen molar-refractivity contribution in [3.05, 3.63) is 328 Å². The monoisotopic (exact) mass is 2120 g/mol. The first-order chi connectivity index (χ1) is 70.5. The Kier molecular flexibility index (Phi) is 55.5. The van der Waals surface area contributed by atoms with Crippen LogP contribution in [0.4, 0.5) is 17.6 Å². The second-order valence-corrected chi connectivity index (χ2v) is 40.9. The van der Waals surface area contributed by atoms with Crippen LogP contribution in [-0.2, 0) is 121 Å². The summed E-state index contributed by atoms with van der Waals surface area (Å²) >= 11 is 15.4. The van der Waals surface area contributed by atoms with Gasteiger partial charge in [0.2, 0.25) is 0 Å². The fraction of sp³-hybridized carbons (Fsp3) is 0.385. The van der Waals surface area contributed by atoms with Gasteiger partial charge in [0, 0.05) is 38.3 Å². The molecule has 0 amide bonds. The van der Waals surface area contributed by atoms with Crippen LogP contribution in [0.15, 0.2) is 216 Å². The third-order valence-electron chi connectivity index (χ3n) is 25.4. The van der Waals surface area contributed by atoms with E-state index < -0.39 is 36.9 Å². The van der Waals surface area contributed by atoms with Gasteiger partial charge in [0.1, 0.15) is 63.7 Å². The molecule has 0 radical (unpaired) electrons. The van der Waals surface area contributed by atoms with Gasteiger partial charge in [-0.05, 0) is 401 Å². The first-order valence-electron chi connectivity index (χ1n) is 49.5. The van der Waals surface area contributed by atoms with Crippen molar-refractivity contribution >= 4 is 143 Å². The number of allylic oxidation sites excluding steroid dienone is 3. The van der Waals surface area contributed by atoms with Crippen molar-refractivity contribution in [1.82, 2.24) is 52.8 Å². The Balaban J connectivity index is 0.000000255. The van der Waals surface area contributed by atoms with Gasteiger partial charge in [-0.1, -0.05) is 145 Å². The largest absolute Gasteiger partial charge is 0.335 e. The minimum Gasteiger partial charge on any atom is -0.310 e. The predicted octanol–water partition coefficient (Wildman–Crippen LogP) is 20.8. The lowest BCUT2D eigenvalue weighted by Gasteiger charge is -2.17. The number of carbonyl (C=O) groups is 9. The number of nitrogens with zero attached hydrogens (tertiary/aromatic N) is 1. The van der Waals surface area contributed by atoms with E-state index in [0.29, 0.717) is 50.0 Å². The number of benzene rings is 8. The molecular formula is C117H147Cl2F4N10O12PS2. The number of aromatic nitrogens is 1. The maximum absolute atomic E-state index is 12.9. The maximum atomic E-state index is 12.9. The summed E-state index contributed by atoms with van der Waals surface area (Å²) in [5.74, 6) is -1.88. The minimum atomic E-state index is -3.07. The molecule has 14 rings (SSSR count). The zero-order valence-electron chi connectivity index (χ0n) is 89.0. The molecule has 0 aliphatic heterocycles. The van der Waals surface area contributed by atoms with E-state index in [0.717, 1.165) is 107 Å². The molecule has 3 aromatic heterocycles. The van der Waals surface area contributed by atoms with Crippen molar-refractivity contribution in [1.29, 1.82) is 0 Å². The van der Waals surface area contributed by atoms with Crippen LogP contribution in [0.3, 0.4) is 0 Å². The van der Waals surface area contributed by atoms with Gasteiger partial charge in [0.05, 0.1) is 79.3 Å². The van der Waals surface area contributed by atoms with E-state index in [1.165, 1.54) is 109 Å². The molecule has 3 aliphatic carbocycles. The Hall–Kier alpha value is -10.8. The molecule has 3 heterocycles. The van der Waals surface area contributed by atoms with E-state index in [-0.39, 0.29) is 107 Å². The molecular weight excluding hydrogens is 1980 g/mol. The first-order valence-corrected chi connectivity index (χ1v) is 53.8. The molecule has 2 unspecified atom stereocenters. The summed E-state index contributed by atoms with van der Waals surface area (Å²) in [4.78, 5) is 106. The number of nitrogens with one attached hydrogen (secondary N) is 9. The third kappa shape index (κ3) is 41.8. The normalized spacial score (nSPS) is 13.7. The second kappa shape index (κ2) is 65.3. The second-order valence-electron chi connectivity index (χ2n) is 36.2. The van der Waals surface area contributed by atoms with E-state index in [1.807, 2.05) is 144 Å². The van der Waals surface area contributed by atoms with E-state index >= 15 is 0 Å². The summed E-state index contributed by atoms with van der Waals surface area (Å²) in [6, 6.07) is 53.9. The lowest BCUT2D eigenvalue weighted by molar-refractivity contribution is -0.119. The van der Waals surface area contributed by atoms with E-state index in [1.54, 1.807) is 113 Å². The molecule has 796 valence electrons. The summed E-state index contributed by atoms with van der Waals surface area (Å²) in [7, 11) is 12.9. The van der Waals surface area contributed by atoms with Gasteiger partial charge in [0.25, 0.3) is 0 Å². The molecule has 8 aromatic carbocycles. The molecule has 9 atom stereocenters. The van der Waals surface area contributed by atoms with E-state index in [2.05, 4.69) is 131 Å². The number of Topliss-reactive ketones (excluding diaryl/α,β-unsaturated/α-hetero) is 9. The number of aryl methyl sites for hydroxylation is 1. The fourth-order valence-corrected chi connectivity index (χ4v) is 20.6. The number of fused-ring (bicyclic) bond motifs is 5. The van der Waals surface area contributed by atoms with E-state index in [4.69, 9.17) is 32.2 Å². The maximum Gasteiger partial charge on any atom is 0.335 e. The topological polar surface area (TPSA) is 310 Å². The van der Waals surface area contributed by atoms with Crippen molar-refractivity contribution in [2.75, 3.05) is 76.6 Å². The van der Waals surface area contributed by atoms with Gasteiger partial charge in [-0.15, -0.1) is 11.3 Å². The van der Waals surface area contributed by atoms with Gasteiger partial charge < -0.3 is 56.9 Å². The highest BCUT2D eigenvalue weighted by atomic mass is 35.5. The number of thiophene rings is 2. The Morgan fingerprint density at radius 3 is 1.32 bits per heavy atom. The highest BCUT2D eigenvalue weighted by Crippen LogP contribution is 2.51. The number of likely N-dealkylation sites (N-methyl/N-ethyl adjacent to an activating group) is 9. The van der Waals surface area contributed by atoms with Gasteiger partial charge in [0.15, 0.2) is 11.6 Å². The zero-order chi connectivity index (χ0) is 109. The number of carbonyl (C=O) groups excluding carboxylic acids is 9. The van der Waals surface area contributed by atoms with Gasteiger partial charge >= 0.3 is 7.60 Å². The summed E-state index contributed by atoms with van der Waals surface area (Å²) in [6.45, 7) is 20.7. The highest BCUT2D eigenvalue weighted by molar-refractivity contribution is 7.53. The number of ketones is 9. The molecule has 0 saturated carbocycles. The summed E-state index contributed by atoms with van der Waals surface area (Å²) in [6.07, 6.45) is 15.5. The van der Waals surface area contributed by atoms with Crippen LogP contribution in [0.5, 0.6) is 0 Å². The Morgan fingerprint density at radius 2 is 0.811 bits per heavy atom. The predicted molar refractivity (Wildman–Crippen MR) is 599 cm³/mol. The molecule has 31 heteroatoms. The molecule has 0 fully saturated rings. The smallest absolute Gasteiger partial charge is 0.310 e. The number of hydrogen-bond acceptors (Lipinski definition) is 24. The van der Waals surface area contributed by atoms with Crippen molar-refractivity contribution in [3.8, 4) is 0 Å². The SMILES string of the molecule is CCOP(=O)(Cc1ccc(C[C@H](NC)C(C)=O)cc1)OCC.CNC(CC1=CCc2ccc(Cl)cc21)C(C)=O.CNC(CC1=CCc2cccc(C)c21)C(C)=O.CN[C@@H](CC1=CCc2cc(Cl)ccc21)C(C)=O.CN[C@@H](Cc1cc(F)cc(F)c1)C(C)=O.CN[C@@H](Cc1ccc(F)c(F)c1)C(C)=O.CN[C@@H](Cc1ccc2ccccc2n1)C(C)=O.CN[C@@H](Cc1ccsc1)C(C)=O.CN[C@@H](Cc1csc2ccccc12)C(C)=O. The van der Waals surface area contributed by atoms with Gasteiger partial charge in [-0.2, -0.15) is 11.3 Å². The summed E-state index contributed by atoms with van der Waals surface area (Å²) < 4.78 is 75.5. The molecule has 0 saturated heterocycles. The van der Waals surface area contributed by atoms with E-state index in [9.17, 15) is 65.3 Å². The van der Waals surface area contributed by atoms with Crippen molar-refractivity contribution < 1.29 is 74.3 Å². The number of pyridine rings is 1. The average molecular weight is 2130 g/mol. The number of hydrogen-bond donors (Lipinski definition) is 9. The molecule has 22 nitrogen and oxygen atoms in total. The molecule has 9 N–H and O–H groups in total. The Morgan fingerprint density at radius 1 is 0.378 bits per heavy atom. The zero-order valence-corrected chi connectivity index (χ0v) is 93.0. The van der Waals surface area contributed by atoms with Crippen LogP contribution >= 0.6 is 53.5 Å².